The largest absolute Gasteiger partial charge is 0.390 e. The third kappa shape index (κ3) is 2.34. The Morgan fingerprint density at radius 3 is 2.80 bits per heavy atom. The van der Waals surface area contributed by atoms with Crippen molar-refractivity contribution in [1.29, 1.82) is 0 Å². The summed E-state index contributed by atoms with van der Waals surface area (Å²) >= 11 is 6.03. The standard InChI is InChI=1S/C15H15ClN6O3/c16-12-9-14(18-4-17-12)22(5-19-9)8-3-7(10(23)11(8)24)15-20-13(21-25-15)6-1-2-6/h4-8,10-11,23-24H,1-3H2/t7-,8+,10+,11-/m0/s1. The topological polar surface area (TPSA) is 123 Å². The summed E-state index contributed by atoms with van der Waals surface area (Å²) in [5, 5.41) is 25.3. The molecule has 130 valence electrons. The molecule has 0 saturated heterocycles. The lowest BCUT2D eigenvalue weighted by atomic mass is 10.1. The van der Waals surface area contributed by atoms with Gasteiger partial charge in [-0.3, -0.25) is 0 Å². The molecule has 4 atom stereocenters. The minimum Gasteiger partial charge on any atom is -0.390 e. The lowest BCUT2D eigenvalue weighted by Gasteiger charge is -2.17. The van der Waals surface area contributed by atoms with Crippen LogP contribution in [0.1, 0.15) is 48.9 Å². The molecule has 2 fully saturated rings. The highest BCUT2D eigenvalue weighted by molar-refractivity contribution is 6.33. The van der Waals surface area contributed by atoms with E-state index in [0.717, 1.165) is 12.8 Å². The minimum absolute atomic E-state index is 0.249. The molecule has 2 aliphatic rings. The van der Waals surface area contributed by atoms with Gasteiger partial charge in [-0.1, -0.05) is 16.8 Å². The molecule has 0 amide bonds. The number of hydrogen-bond donors (Lipinski definition) is 2. The number of aliphatic hydroxyl groups excluding tert-OH is 2. The first kappa shape index (κ1) is 15.2. The molecule has 0 bridgehead atoms. The van der Waals surface area contributed by atoms with Crippen LogP contribution in [-0.2, 0) is 0 Å². The Balaban J connectivity index is 1.48. The minimum atomic E-state index is -1.01. The lowest BCUT2D eigenvalue weighted by Crippen LogP contribution is -2.29. The summed E-state index contributed by atoms with van der Waals surface area (Å²) in [4.78, 5) is 16.7. The van der Waals surface area contributed by atoms with Gasteiger partial charge >= 0.3 is 0 Å². The zero-order valence-electron chi connectivity index (χ0n) is 13.0. The Bertz CT molecular complexity index is 938. The average molecular weight is 363 g/mol. The summed E-state index contributed by atoms with van der Waals surface area (Å²) in [6.07, 6.45) is 3.45. The quantitative estimate of drug-likeness (QED) is 0.666. The number of rotatable bonds is 3. The monoisotopic (exact) mass is 362 g/mol. The van der Waals surface area contributed by atoms with Gasteiger partial charge in [-0.15, -0.1) is 0 Å². The SMILES string of the molecule is O[C@@H]1[C@H](O)[C@@H](c2nc(C3CC3)no2)C[C@H]1n1cnc2c(Cl)ncnc21. The van der Waals surface area contributed by atoms with E-state index in [0.29, 0.717) is 35.2 Å². The molecule has 3 heterocycles. The number of fused-ring (bicyclic) bond motifs is 1. The van der Waals surface area contributed by atoms with Crippen LogP contribution in [0, 0.1) is 0 Å². The summed E-state index contributed by atoms with van der Waals surface area (Å²) < 4.78 is 7.05. The Morgan fingerprint density at radius 2 is 2.00 bits per heavy atom. The highest BCUT2D eigenvalue weighted by Gasteiger charge is 2.46. The van der Waals surface area contributed by atoms with Crippen molar-refractivity contribution in [3.63, 3.8) is 0 Å². The van der Waals surface area contributed by atoms with E-state index < -0.39 is 24.2 Å². The number of imidazole rings is 1. The molecule has 0 unspecified atom stereocenters. The lowest BCUT2D eigenvalue weighted by molar-refractivity contribution is 0.0143. The van der Waals surface area contributed by atoms with Crippen LogP contribution >= 0.6 is 11.6 Å². The molecule has 0 aliphatic heterocycles. The van der Waals surface area contributed by atoms with E-state index >= 15 is 0 Å². The molecular formula is C15H15ClN6O3. The molecule has 9 nitrogen and oxygen atoms in total. The molecule has 5 rings (SSSR count). The fraction of sp³-hybridized carbons (Fsp3) is 0.533. The number of hydrogen-bond acceptors (Lipinski definition) is 8. The predicted octanol–water partition coefficient (Wildman–Crippen LogP) is 1.19. The van der Waals surface area contributed by atoms with Crippen LogP contribution in [0.4, 0.5) is 0 Å². The average Bonchev–Trinajstić information content (AvgIpc) is 3.06. The van der Waals surface area contributed by atoms with Gasteiger partial charge in [-0.25, -0.2) is 15.0 Å². The highest BCUT2D eigenvalue weighted by Crippen LogP contribution is 2.44. The van der Waals surface area contributed by atoms with Gasteiger partial charge in [0.25, 0.3) is 0 Å². The van der Waals surface area contributed by atoms with Gasteiger partial charge < -0.3 is 19.3 Å². The first-order valence-corrected chi connectivity index (χ1v) is 8.54. The van der Waals surface area contributed by atoms with E-state index in [1.165, 1.54) is 6.33 Å². The van der Waals surface area contributed by atoms with E-state index in [2.05, 4.69) is 25.1 Å². The Kier molecular flexibility index (Phi) is 3.31. The summed E-state index contributed by atoms with van der Waals surface area (Å²) in [7, 11) is 0. The van der Waals surface area contributed by atoms with Crippen molar-refractivity contribution in [2.24, 2.45) is 0 Å². The zero-order valence-corrected chi connectivity index (χ0v) is 13.8. The maximum Gasteiger partial charge on any atom is 0.232 e. The molecule has 2 N–H and O–H groups in total. The first-order valence-electron chi connectivity index (χ1n) is 8.16. The molecule has 25 heavy (non-hydrogen) atoms. The van der Waals surface area contributed by atoms with Crippen molar-refractivity contribution in [3.8, 4) is 0 Å². The van der Waals surface area contributed by atoms with Crippen LogP contribution in [-0.4, -0.2) is 52.1 Å². The summed E-state index contributed by atoms with van der Waals surface area (Å²) in [5.74, 6) is 0.990. The summed E-state index contributed by atoms with van der Waals surface area (Å²) in [6, 6.07) is -0.424. The van der Waals surface area contributed by atoms with Crippen molar-refractivity contribution in [2.45, 2.75) is 49.3 Å². The fourth-order valence-corrected chi connectivity index (χ4v) is 3.68. The van der Waals surface area contributed by atoms with Crippen molar-refractivity contribution in [3.05, 3.63) is 29.5 Å². The Hall–Kier alpha value is -2.10. The number of nitrogens with zero attached hydrogens (tertiary/aromatic N) is 6. The summed E-state index contributed by atoms with van der Waals surface area (Å²) in [6.45, 7) is 0. The molecule has 10 heteroatoms. The molecular weight excluding hydrogens is 348 g/mol. The van der Waals surface area contributed by atoms with E-state index in [4.69, 9.17) is 16.1 Å². The molecule has 3 aromatic heterocycles. The van der Waals surface area contributed by atoms with Crippen LogP contribution < -0.4 is 0 Å². The van der Waals surface area contributed by atoms with Crippen molar-refractivity contribution < 1.29 is 14.7 Å². The molecule has 0 radical (unpaired) electrons. The number of aromatic nitrogens is 6. The maximum atomic E-state index is 10.6. The number of halogens is 1. The van der Waals surface area contributed by atoms with Gasteiger partial charge in [0.1, 0.15) is 17.9 Å². The van der Waals surface area contributed by atoms with Crippen LogP contribution in [0.5, 0.6) is 0 Å². The van der Waals surface area contributed by atoms with Crippen LogP contribution in [0.15, 0.2) is 17.2 Å². The van der Waals surface area contributed by atoms with Crippen LogP contribution in [0.2, 0.25) is 5.15 Å². The Labute approximate surface area is 146 Å². The molecule has 2 aliphatic carbocycles. The van der Waals surface area contributed by atoms with E-state index in [-0.39, 0.29) is 5.15 Å². The third-order valence-electron chi connectivity index (χ3n) is 5.04. The smallest absolute Gasteiger partial charge is 0.232 e. The number of aliphatic hydroxyl groups is 2. The van der Waals surface area contributed by atoms with Gasteiger partial charge in [0.15, 0.2) is 16.6 Å². The maximum absolute atomic E-state index is 10.6. The normalized spacial score (nSPS) is 29.6. The third-order valence-corrected chi connectivity index (χ3v) is 5.32. The summed E-state index contributed by atoms with van der Waals surface area (Å²) in [5.41, 5.74) is 0.976. The van der Waals surface area contributed by atoms with E-state index in [1.807, 2.05) is 0 Å². The molecule has 0 spiro atoms. The van der Waals surface area contributed by atoms with Crippen LogP contribution in [0.25, 0.3) is 11.2 Å². The first-order chi connectivity index (χ1) is 12.1. The van der Waals surface area contributed by atoms with E-state index in [1.54, 1.807) is 10.9 Å². The predicted molar refractivity (Wildman–Crippen MR) is 85.0 cm³/mol. The van der Waals surface area contributed by atoms with Gasteiger partial charge in [0.2, 0.25) is 5.89 Å². The second-order valence-electron chi connectivity index (χ2n) is 6.64. The van der Waals surface area contributed by atoms with Crippen molar-refractivity contribution in [1.82, 2.24) is 29.7 Å². The van der Waals surface area contributed by atoms with Gasteiger partial charge in [0.05, 0.1) is 24.4 Å². The van der Waals surface area contributed by atoms with E-state index in [9.17, 15) is 10.2 Å². The molecule has 2 saturated carbocycles. The van der Waals surface area contributed by atoms with Gasteiger partial charge in [-0.05, 0) is 19.3 Å². The highest BCUT2D eigenvalue weighted by atomic mass is 35.5. The van der Waals surface area contributed by atoms with Crippen molar-refractivity contribution in [2.75, 3.05) is 0 Å². The molecule has 0 aromatic carbocycles. The molecule has 3 aromatic rings. The second kappa shape index (κ2) is 5.45. The zero-order chi connectivity index (χ0) is 17.1. The Morgan fingerprint density at radius 1 is 1.16 bits per heavy atom. The van der Waals surface area contributed by atoms with Gasteiger partial charge in [0, 0.05) is 5.92 Å². The second-order valence-corrected chi connectivity index (χ2v) is 7.00. The van der Waals surface area contributed by atoms with Gasteiger partial charge in [-0.2, -0.15) is 4.98 Å². The fourth-order valence-electron chi connectivity index (χ4n) is 3.50. The van der Waals surface area contributed by atoms with Crippen molar-refractivity contribution >= 4 is 22.8 Å². The van der Waals surface area contributed by atoms with Crippen LogP contribution in [0.3, 0.4) is 0 Å².